The Bertz CT molecular complexity index is 892. The van der Waals surface area contributed by atoms with Crippen molar-refractivity contribution in [3.05, 3.63) is 30.0 Å². The Hall–Kier alpha value is -3.56. The van der Waals surface area contributed by atoms with Crippen molar-refractivity contribution in [2.24, 2.45) is 7.05 Å². The predicted molar refractivity (Wildman–Crippen MR) is 103 cm³/mol. The average molecular weight is 389 g/mol. The maximum atomic E-state index is 12.6. The fourth-order valence-corrected chi connectivity index (χ4v) is 2.53. The van der Waals surface area contributed by atoms with Gasteiger partial charge in [-0.2, -0.15) is 0 Å². The molecule has 0 spiro atoms. The molecule has 0 aliphatic rings. The number of benzene rings is 1. The maximum Gasteiger partial charge on any atom is 0.261 e. The molecule has 0 aliphatic carbocycles. The number of nitrogens with one attached hydrogen (secondary N) is 2. The molecule has 0 aliphatic heterocycles. The third kappa shape index (κ3) is 5.00. The van der Waals surface area contributed by atoms with Gasteiger partial charge in [0.2, 0.25) is 17.7 Å². The van der Waals surface area contributed by atoms with Crippen LogP contribution in [0.15, 0.2) is 24.4 Å². The SMILES string of the molecule is COc1ccc(NC(C)=O)cc1NC(=O)CN(C)C(=O)c1cn(C)nc1OC. The van der Waals surface area contributed by atoms with Crippen LogP contribution in [0.2, 0.25) is 0 Å². The van der Waals surface area contributed by atoms with E-state index < -0.39 is 11.8 Å². The first kappa shape index (κ1) is 20.7. The van der Waals surface area contributed by atoms with Gasteiger partial charge >= 0.3 is 0 Å². The number of nitrogens with zero attached hydrogens (tertiary/aromatic N) is 3. The van der Waals surface area contributed by atoms with Crippen LogP contribution in [0.4, 0.5) is 11.4 Å². The van der Waals surface area contributed by atoms with Crippen LogP contribution in [0.5, 0.6) is 11.6 Å². The lowest BCUT2D eigenvalue weighted by molar-refractivity contribution is -0.116. The number of likely N-dealkylation sites (N-methyl/N-ethyl adjacent to an activating group) is 1. The van der Waals surface area contributed by atoms with Crippen molar-refractivity contribution < 1.29 is 23.9 Å². The lowest BCUT2D eigenvalue weighted by Gasteiger charge is -2.17. The van der Waals surface area contributed by atoms with Gasteiger partial charge in [0.1, 0.15) is 11.3 Å². The molecule has 0 unspecified atom stereocenters. The summed E-state index contributed by atoms with van der Waals surface area (Å²) >= 11 is 0. The first-order valence-corrected chi connectivity index (χ1v) is 8.33. The van der Waals surface area contributed by atoms with E-state index in [0.717, 1.165) is 0 Å². The predicted octanol–water partition coefficient (Wildman–Crippen LogP) is 1.11. The number of rotatable bonds is 7. The van der Waals surface area contributed by atoms with Gasteiger partial charge in [-0.1, -0.05) is 0 Å². The number of amides is 3. The number of aryl methyl sites for hydroxylation is 1. The molecule has 2 rings (SSSR count). The topological polar surface area (TPSA) is 115 Å². The number of carbonyl (C=O) groups excluding carboxylic acids is 3. The van der Waals surface area contributed by atoms with Crippen molar-refractivity contribution >= 4 is 29.1 Å². The summed E-state index contributed by atoms with van der Waals surface area (Å²) in [5.41, 5.74) is 1.14. The van der Waals surface area contributed by atoms with E-state index in [1.807, 2.05) is 0 Å². The summed E-state index contributed by atoms with van der Waals surface area (Å²) < 4.78 is 11.8. The van der Waals surface area contributed by atoms with Crippen molar-refractivity contribution in [2.45, 2.75) is 6.92 Å². The molecular weight excluding hydrogens is 366 g/mol. The number of aromatic nitrogens is 2. The van der Waals surface area contributed by atoms with Gasteiger partial charge in [0, 0.05) is 32.9 Å². The molecule has 2 aromatic rings. The van der Waals surface area contributed by atoms with E-state index in [9.17, 15) is 14.4 Å². The Kier molecular flexibility index (Phi) is 6.59. The first-order chi connectivity index (χ1) is 13.2. The van der Waals surface area contributed by atoms with E-state index in [-0.39, 0.29) is 23.9 Å². The van der Waals surface area contributed by atoms with Crippen molar-refractivity contribution in [1.82, 2.24) is 14.7 Å². The van der Waals surface area contributed by atoms with Gasteiger partial charge in [-0.05, 0) is 18.2 Å². The number of carbonyl (C=O) groups is 3. The zero-order valence-electron chi connectivity index (χ0n) is 16.4. The number of hydrogen-bond acceptors (Lipinski definition) is 6. The second-order valence-electron chi connectivity index (χ2n) is 6.03. The minimum absolute atomic E-state index is 0.185. The van der Waals surface area contributed by atoms with E-state index in [4.69, 9.17) is 9.47 Å². The first-order valence-electron chi connectivity index (χ1n) is 8.33. The third-order valence-corrected chi connectivity index (χ3v) is 3.74. The van der Waals surface area contributed by atoms with Crippen molar-refractivity contribution in [3.63, 3.8) is 0 Å². The normalized spacial score (nSPS) is 10.2. The summed E-state index contributed by atoms with van der Waals surface area (Å²) in [4.78, 5) is 37.5. The van der Waals surface area contributed by atoms with Crippen molar-refractivity contribution in [3.8, 4) is 11.6 Å². The Morgan fingerprint density at radius 3 is 2.50 bits per heavy atom. The molecule has 0 fully saturated rings. The Labute approximate surface area is 162 Å². The number of methoxy groups -OCH3 is 2. The summed E-state index contributed by atoms with van der Waals surface area (Å²) in [6.45, 7) is 1.18. The van der Waals surface area contributed by atoms with Crippen LogP contribution in [-0.2, 0) is 16.6 Å². The highest BCUT2D eigenvalue weighted by molar-refractivity contribution is 6.01. The Morgan fingerprint density at radius 2 is 1.89 bits per heavy atom. The molecule has 28 heavy (non-hydrogen) atoms. The molecule has 0 bridgehead atoms. The molecule has 2 N–H and O–H groups in total. The monoisotopic (exact) mass is 389 g/mol. The molecule has 10 nitrogen and oxygen atoms in total. The molecule has 1 aromatic heterocycles. The molecule has 3 amide bonds. The molecule has 0 radical (unpaired) electrons. The van der Waals surface area contributed by atoms with Crippen LogP contribution < -0.4 is 20.1 Å². The second-order valence-corrected chi connectivity index (χ2v) is 6.03. The van der Waals surface area contributed by atoms with Crippen LogP contribution in [0, 0.1) is 0 Å². The van der Waals surface area contributed by atoms with Crippen LogP contribution >= 0.6 is 0 Å². The van der Waals surface area contributed by atoms with Gasteiger partial charge in [-0.25, -0.2) is 0 Å². The van der Waals surface area contributed by atoms with Crippen molar-refractivity contribution in [1.29, 1.82) is 0 Å². The van der Waals surface area contributed by atoms with Gasteiger partial charge in [0.15, 0.2) is 0 Å². The zero-order chi connectivity index (χ0) is 20.8. The number of hydrogen-bond donors (Lipinski definition) is 2. The van der Waals surface area contributed by atoms with Gasteiger partial charge in [0.05, 0.1) is 26.5 Å². The van der Waals surface area contributed by atoms with Crippen LogP contribution in [0.25, 0.3) is 0 Å². The molecule has 0 atom stereocenters. The molecule has 10 heteroatoms. The summed E-state index contributed by atoms with van der Waals surface area (Å²) in [6.07, 6.45) is 1.52. The van der Waals surface area contributed by atoms with Crippen LogP contribution in [0.1, 0.15) is 17.3 Å². The fourth-order valence-electron chi connectivity index (χ4n) is 2.53. The van der Waals surface area contributed by atoms with E-state index in [0.29, 0.717) is 17.1 Å². The highest BCUT2D eigenvalue weighted by Crippen LogP contribution is 2.28. The van der Waals surface area contributed by atoms with Gasteiger partial charge in [0.25, 0.3) is 5.91 Å². The average Bonchev–Trinajstić information content (AvgIpc) is 3.01. The minimum atomic E-state index is -0.433. The van der Waals surface area contributed by atoms with Crippen LogP contribution in [0.3, 0.4) is 0 Å². The summed E-state index contributed by atoms with van der Waals surface area (Å²) in [5.74, 6) is -0.468. The maximum absolute atomic E-state index is 12.6. The summed E-state index contributed by atoms with van der Waals surface area (Å²) in [6, 6.07) is 4.85. The largest absolute Gasteiger partial charge is 0.495 e. The molecule has 1 aromatic carbocycles. The van der Waals surface area contributed by atoms with Gasteiger partial charge < -0.3 is 25.0 Å². The standard InChI is InChI=1S/C18H23N5O5/c1-11(24)19-12-6-7-15(27-4)14(8-12)20-16(25)10-22(2)18(26)13-9-23(3)21-17(13)28-5/h6-9H,10H2,1-5H3,(H,19,24)(H,20,25). The van der Waals surface area contributed by atoms with Crippen LogP contribution in [-0.4, -0.2) is 60.2 Å². The summed E-state index contributed by atoms with van der Waals surface area (Å²) in [7, 11) is 6.05. The molecule has 150 valence electrons. The highest BCUT2D eigenvalue weighted by Gasteiger charge is 2.22. The van der Waals surface area contributed by atoms with Crippen molar-refractivity contribution in [2.75, 3.05) is 38.4 Å². The number of anilines is 2. The van der Waals surface area contributed by atoms with E-state index in [2.05, 4.69) is 15.7 Å². The minimum Gasteiger partial charge on any atom is -0.495 e. The second kappa shape index (κ2) is 8.89. The lowest BCUT2D eigenvalue weighted by atomic mass is 10.2. The molecule has 0 saturated heterocycles. The van der Waals surface area contributed by atoms with Gasteiger partial charge in [-0.3, -0.25) is 19.1 Å². The Balaban J connectivity index is 2.10. The van der Waals surface area contributed by atoms with E-state index in [1.165, 1.54) is 44.0 Å². The molecular formula is C18H23N5O5. The zero-order valence-corrected chi connectivity index (χ0v) is 16.4. The quantitative estimate of drug-likeness (QED) is 0.733. The Morgan fingerprint density at radius 1 is 1.18 bits per heavy atom. The van der Waals surface area contributed by atoms with Gasteiger partial charge in [-0.15, -0.1) is 5.10 Å². The third-order valence-electron chi connectivity index (χ3n) is 3.74. The molecule has 0 saturated carbocycles. The van der Waals surface area contributed by atoms with E-state index in [1.54, 1.807) is 25.2 Å². The highest BCUT2D eigenvalue weighted by atomic mass is 16.5. The lowest BCUT2D eigenvalue weighted by Crippen LogP contribution is -2.35. The molecule has 1 heterocycles. The number of ether oxygens (including phenoxy) is 2. The summed E-state index contributed by atoms with van der Waals surface area (Å²) in [5, 5.41) is 9.35. The smallest absolute Gasteiger partial charge is 0.261 e. The fraction of sp³-hybridized carbons (Fsp3) is 0.333. The van der Waals surface area contributed by atoms with E-state index >= 15 is 0 Å².